The van der Waals surface area contributed by atoms with Gasteiger partial charge in [-0.1, -0.05) is 0 Å². The molecule has 0 aromatic carbocycles. The van der Waals surface area contributed by atoms with Crippen molar-refractivity contribution in [3.8, 4) is 0 Å². The molecule has 0 unspecified atom stereocenters. The van der Waals surface area contributed by atoms with E-state index in [1.165, 1.54) is 0 Å². The molecular formula is C7F16O3. The minimum absolute atomic E-state index is 1.99. The zero-order valence-corrected chi connectivity index (χ0v) is 10.8. The Labute approximate surface area is 129 Å². The van der Waals surface area contributed by atoms with Crippen molar-refractivity contribution in [1.82, 2.24) is 0 Å². The summed E-state index contributed by atoms with van der Waals surface area (Å²) in [5, 5.41) is 0. The van der Waals surface area contributed by atoms with E-state index in [2.05, 4.69) is 9.88 Å². The lowest BCUT2D eigenvalue weighted by Gasteiger charge is -2.37. The third-order valence-corrected chi connectivity index (χ3v) is 2.02. The predicted molar refractivity (Wildman–Crippen MR) is 41.7 cm³/mol. The van der Waals surface area contributed by atoms with E-state index < -0.39 is 42.2 Å². The Bertz CT molecular complexity index is 433. The Kier molecular flexibility index (Phi) is 7.52. The quantitative estimate of drug-likeness (QED) is 0.544. The molecule has 0 aliphatic carbocycles. The van der Waals surface area contributed by atoms with E-state index in [0.29, 0.717) is 0 Å². The molecule has 0 aromatic heterocycles. The fourth-order valence-corrected chi connectivity index (χ4v) is 0.762. The van der Waals surface area contributed by atoms with Gasteiger partial charge in [-0.3, -0.25) is 0 Å². The van der Waals surface area contributed by atoms with Gasteiger partial charge in [0.05, 0.1) is 0 Å². The Morgan fingerprint density at radius 1 is 0.462 bits per heavy atom. The van der Waals surface area contributed by atoms with Crippen molar-refractivity contribution in [3.63, 3.8) is 0 Å². The molecule has 19 heteroatoms. The molecule has 0 radical (unpaired) electrons. The molecule has 0 heterocycles. The monoisotopic (exact) mass is 436 g/mol. The van der Waals surface area contributed by atoms with Crippen molar-refractivity contribution in [2.45, 2.75) is 36.0 Å². The molecule has 0 rings (SSSR count). The lowest BCUT2D eigenvalue weighted by molar-refractivity contribution is -0.451. The molecule has 0 bridgehead atoms. The molecule has 0 saturated heterocycles. The largest absolute Gasteiger partial charge is 0.581 e. The van der Waals surface area contributed by atoms with Gasteiger partial charge in [-0.2, -0.15) is 66.3 Å². The Balaban J connectivity index is 0. The van der Waals surface area contributed by atoms with Crippen molar-refractivity contribution in [2.24, 2.45) is 0 Å². The average molecular weight is 436 g/mol. The lowest BCUT2D eigenvalue weighted by atomic mass is 9.98. The number of rotatable bonds is 3. The first-order chi connectivity index (χ1) is 11.1. The predicted octanol–water partition coefficient (Wildman–Crippen LogP) is 5.56. The summed E-state index contributed by atoms with van der Waals surface area (Å²) in [6.07, 6.45) is -17.0. The third kappa shape index (κ3) is 4.46. The van der Waals surface area contributed by atoms with E-state index >= 15 is 0 Å². The summed E-state index contributed by atoms with van der Waals surface area (Å²) >= 11 is 0. The second-order valence-electron chi connectivity index (χ2n) is 3.70. The summed E-state index contributed by atoms with van der Waals surface area (Å²) in [6.45, 7) is 0. The van der Waals surface area contributed by atoms with Gasteiger partial charge in [-0.25, -0.2) is 9.88 Å². The fourth-order valence-electron chi connectivity index (χ4n) is 0.762. The van der Waals surface area contributed by atoms with Crippen LogP contribution in [0.25, 0.3) is 0 Å². The number of hydrogen-bond acceptors (Lipinski definition) is 3. The highest BCUT2D eigenvalue weighted by atomic mass is 19.4. The van der Waals surface area contributed by atoms with Crippen LogP contribution < -0.4 is 0 Å². The first-order valence-electron chi connectivity index (χ1n) is 4.82. The molecule has 0 spiro atoms. The minimum atomic E-state index is -8.04. The van der Waals surface area contributed by atoms with Crippen molar-refractivity contribution in [2.75, 3.05) is 0 Å². The van der Waals surface area contributed by atoms with Crippen LogP contribution in [0.4, 0.5) is 75.3 Å². The molecule has 0 aliphatic rings. The molecule has 0 saturated carbocycles. The van der Waals surface area contributed by atoms with Gasteiger partial charge in [0, 0.05) is 9.05 Å². The Hall–Kier alpha value is -1.85. The molecule has 0 aromatic rings. The van der Waals surface area contributed by atoms with Crippen molar-refractivity contribution < 1.29 is 85.2 Å². The first-order valence-corrected chi connectivity index (χ1v) is 4.82. The van der Waals surface area contributed by atoms with Gasteiger partial charge in [-0.15, -0.1) is 0 Å². The molecule has 158 valence electrons. The fraction of sp³-hybridized carbons (Fsp3) is 0.857. The third-order valence-electron chi connectivity index (χ3n) is 2.02. The lowest BCUT2D eigenvalue weighted by Crippen LogP contribution is -2.69. The first kappa shape index (κ1) is 26.4. The van der Waals surface area contributed by atoms with E-state index in [0.717, 1.165) is 0 Å². The standard InChI is InChI=1S/C6F14.CF2O3/c7-1(8,3(11,12)5(15,16)17)2(9,10)4(13,14)6(18,19)20;2-5-1(4)6-3. The van der Waals surface area contributed by atoms with Crippen LogP contribution in [0, 0.1) is 0 Å². The van der Waals surface area contributed by atoms with Gasteiger partial charge in [0.1, 0.15) is 0 Å². The highest BCUT2D eigenvalue weighted by Gasteiger charge is 2.91. The van der Waals surface area contributed by atoms with Gasteiger partial charge >= 0.3 is 42.2 Å². The maximum absolute atomic E-state index is 12.3. The van der Waals surface area contributed by atoms with Crippen LogP contribution in [-0.4, -0.2) is 42.2 Å². The zero-order chi connectivity index (χ0) is 22.0. The molecule has 3 nitrogen and oxygen atoms in total. The van der Waals surface area contributed by atoms with Crippen LogP contribution in [0.2, 0.25) is 0 Å². The summed E-state index contributed by atoms with van der Waals surface area (Å²) in [6, 6.07) is 0. The number of carbonyl (C=O) groups is 1. The Morgan fingerprint density at radius 3 is 0.731 bits per heavy atom. The van der Waals surface area contributed by atoms with Crippen molar-refractivity contribution >= 4 is 6.16 Å². The Morgan fingerprint density at radius 2 is 0.654 bits per heavy atom. The van der Waals surface area contributed by atoms with E-state index in [9.17, 15) is 70.5 Å². The molecular weight excluding hydrogens is 436 g/mol. The molecule has 0 fully saturated rings. The van der Waals surface area contributed by atoms with E-state index in [4.69, 9.17) is 4.79 Å². The van der Waals surface area contributed by atoms with Crippen LogP contribution >= 0.6 is 0 Å². The summed E-state index contributed by atoms with van der Waals surface area (Å²) in [5.74, 6) is -31.7. The van der Waals surface area contributed by atoms with Crippen LogP contribution in [0.3, 0.4) is 0 Å². The number of halogens is 16. The average Bonchev–Trinajstić information content (AvgIpc) is 2.43. The SMILES string of the molecule is FC(F)(F)C(F)(F)C(F)(F)C(F)(F)C(F)(F)C(F)(F)F.O=C(OF)OF. The smallest absolute Gasteiger partial charge is 0.211 e. The summed E-state index contributed by atoms with van der Waals surface area (Å²) in [7, 11) is 0. The van der Waals surface area contributed by atoms with Gasteiger partial charge in [0.2, 0.25) is 0 Å². The number of alkyl halides is 14. The van der Waals surface area contributed by atoms with Gasteiger partial charge < -0.3 is 0 Å². The van der Waals surface area contributed by atoms with Crippen LogP contribution in [-0.2, 0) is 9.88 Å². The zero-order valence-electron chi connectivity index (χ0n) is 10.8. The number of carbonyl (C=O) groups excluding carboxylic acids is 1. The van der Waals surface area contributed by atoms with Gasteiger partial charge in [0.25, 0.3) is 0 Å². The maximum Gasteiger partial charge on any atom is 0.581 e. The van der Waals surface area contributed by atoms with Gasteiger partial charge in [-0.05, 0) is 0 Å². The summed E-state index contributed by atoms with van der Waals surface area (Å²) in [4.78, 5) is 13.3. The summed E-state index contributed by atoms with van der Waals surface area (Å²) < 4.78 is 187. The molecule has 0 N–H and O–H groups in total. The van der Waals surface area contributed by atoms with E-state index in [1.807, 2.05) is 0 Å². The topological polar surface area (TPSA) is 35.5 Å². The second-order valence-corrected chi connectivity index (χ2v) is 3.70. The van der Waals surface area contributed by atoms with Crippen LogP contribution in [0.1, 0.15) is 0 Å². The van der Waals surface area contributed by atoms with Gasteiger partial charge in [0.15, 0.2) is 0 Å². The molecule has 0 atom stereocenters. The van der Waals surface area contributed by atoms with Crippen LogP contribution in [0.15, 0.2) is 0 Å². The van der Waals surface area contributed by atoms with E-state index in [-0.39, 0.29) is 0 Å². The normalized spacial score (nSPS) is 14.3. The van der Waals surface area contributed by atoms with Crippen molar-refractivity contribution in [3.05, 3.63) is 0 Å². The maximum atomic E-state index is 12.3. The minimum Gasteiger partial charge on any atom is -0.211 e. The van der Waals surface area contributed by atoms with Crippen molar-refractivity contribution in [1.29, 1.82) is 0 Å². The molecule has 0 amide bonds. The van der Waals surface area contributed by atoms with E-state index in [1.54, 1.807) is 0 Å². The highest BCUT2D eigenvalue weighted by molar-refractivity contribution is 5.57. The molecule has 0 aliphatic heterocycles. The number of hydrogen-bond donors (Lipinski definition) is 0. The second kappa shape index (κ2) is 7.41. The molecule has 26 heavy (non-hydrogen) atoms. The van der Waals surface area contributed by atoms with Crippen LogP contribution in [0.5, 0.6) is 0 Å². The highest BCUT2D eigenvalue weighted by Crippen LogP contribution is 2.60. The summed E-state index contributed by atoms with van der Waals surface area (Å²) in [5.41, 5.74) is 0.